The molecule has 1 fully saturated rings. The molecule has 0 spiro atoms. The van der Waals surface area contributed by atoms with Gasteiger partial charge in [-0.25, -0.2) is 0 Å². The van der Waals surface area contributed by atoms with Crippen molar-refractivity contribution in [3.8, 4) is 0 Å². The molecule has 1 aliphatic heterocycles. The van der Waals surface area contributed by atoms with Crippen LogP contribution in [-0.2, 0) is 0 Å². The van der Waals surface area contributed by atoms with Crippen LogP contribution in [0.3, 0.4) is 0 Å². The lowest BCUT2D eigenvalue weighted by Crippen LogP contribution is -2.45. The van der Waals surface area contributed by atoms with Crippen LogP contribution in [0.4, 0.5) is 5.69 Å². The van der Waals surface area contributed by atoms with Gasteiger partial charge in [-0.1, -0.05) is 18.2 Å². The zero-order chi connectivity index (χ0) is 13.1. The summed E-state index contributed by atoms with van der Waals surface area (Å²) < 4.78 is 0. The van der Waals surface area contributed by atoms with Gasteiger partial charge >= 0.3 is 0 Å². The molecular weight excluding hydrogens is 222 g/mol. The summed E-state index contributed by atoms with van der Waals surface area (Å²) in [6.07, 6.45) is 2.56. The van der Waals surface area contributed by atoms with Crippen molar-refractivity contribution < 1.29 is 0 Å². The van der Waals surface area contributed by atoms with Gasteiger partial charge in [0.1, 0.15) is 0 Å². The topological polar surface area (TPSA) is 32.5 Å². The van der Waals surface area contributed by atoms with E-state index in [9.17, 15) is 0 Å². The predicted molar refractivity (Wildman–Crippen MR) is 78.0 cm³/mol. The molecular formula is C15H25N3. The highest BCUT2D eigenvalue weighted by molar-refractivity contribution is 5.55. The molecule has 0 saturated carbocycles. The van der Waals surface area contributed by atoms with Crippen molar-refractivity contribution in [2.24, 2.45) is 5.73 Å². The maximum atomic E-state index is 6.07. The van der Waals surface area contributed by atoms with Crippen LogP contribution in [0.5, 0.6) is 0 Å². The molecule has 18 heavy (non-hydrogen) atoms. The molecule has 1 heterocycles. The Morgan fingerprint density at radius 3 is 2.78 bits per heavy atom. The standard InChI is InChI=1S/C15H25N3/c1-12(16)14-8-4-5-9-15(14)18(3)13-7-6-10-17(2)11-13/h4-5,8-9,12-13H,6-7,10-11,16H2,1-3H3. The number of nitrogens with two attached hydrogens (primary N) is 1. The molecule has 100 valence electrons. The van der Waals surface area contributed by atoms with E-state index in [1.165, 1.54) is 30.6 Å². The van der Waals surface area contributed by atoms with Gasteiger partial charge in [-0.15, -0.1) is 0 Å². The van der Waals surface area contributed by atoms with Crippen molar-refractivity contribution in [2.75, 3.05) is 32.1 Å². The first kappa shape index (κ1) is 13.4. The van der Waals surface area contributed by atoms with Crippen molar-refractivity contribution in [1.82, 2.24) is 4.90 Å². The zero-order valence-corrected chi connectivity index (χ0v) is 11.8. The molecule has 0 amide bonds. The van der Waals surface area contributed by atoms with Gasteiger partial charge in [-0.05, 0) is 45.0 Å². The Hall–Kier alpha value is -1.06. The van der Waals surface area contributed by atoms with E-state index in [2.05, 4.69) is 55.1 Å². The minimum Gasteiger partial charge on any atom is -0.370 e. The molecule has 0 radical (unpaired) electrons. The van der Waals surface area contributed by atoms with Crippen molar-refractivity contribution in [3.63, 3.8) is 0 Å². The van der Waals surface area contributed by atoms with Gasteiger partial charge in [0.2, 0.25) is 0 Å². The van der Waals surface area contributed by atoms with Crippen LogP contribution in [-0.4, -0.2) is 38.1 Å². The Bertz CT molecular complexity index is 389. The first-order valence-corrected chi connectivity index (χ1v) is 6.85. The quantitative estimate of drug-likeness (QED) is 0.889. The number of hydrogen-bond donors (Lipinski definition) is 1. The Morgan fingerprint density at radius 1 is 1.39 bits per heavy atom. The number of para-hydroxylation sites is 1. The molecule has 2 atom stereocenters. The van der Waals surface area contributed by atoms with Gasteiger partial charge in [-0.2, -0.15) is 0 Å². The molecule has 0 aliphatic carbocycles. The van der Waals surface area contributed by atoms with Crippen molar-refractivity contribution in [3.05, 3.63) is 29.8 Å². The number of anilines is 1. The Morgan fingerprint density at radius 2 is 2.11 bits per heavy atom. The summed E-state index contributed by atoms with van der Waals surface area (Å²) in [4.78, 5) is 4.83. The van der Waals surface area contributed by atoms with Crippen LogP contribution in [0.2, 0.25) is 0 Å². The molecule has 2 unspecified atom stereocenters. The van der Waals surface area contributed by atoms with E-state index in [1.807, 2.05) is 0 Å². The monoisotopic (exact) mass is 247 g/mol. The molecule has 1 aromatic carbocycles. The maximum Gasteiger partial charge on any atom is 0.0414 e. The molecule has 2 rings (SSSR count). The van der Waals surface area contributed by atoms with Crippen molar-refractivity contribution >= 4 is 5.69 Å². The molecule has 1 saturated heterocycles. The number of likely N-dealkylation sites (tertiary alicyclic amines) is 1. The van der Waals surface area contributed by atoms with Crippen molar-refractivity contribution in [2.45, 2.75) is 31.8 Å². The summed E-state index contributed by atoms with van der Waals surface area (Å²) in [5.74, 6) is 0. The Kier molecular flexibility index (Phi) is 4.25. The smallest absolute Gasteiger partial charge is 0.0414 e. The largest absolute Gasteiger partial charge is 0.370 e. The Labute approximate surface area is 111 Å². The van der Waals surface area contributed by atoms with Crippen LogP contribution in [0, 0.1) is 0 Å². The fourth-order valence-electron chi connectivity index (χ4n) is 2.85. The summed E-state index contributed by atoms with van der Waals surface area (Å²) >= 11 is 0. The van der Waals surface area contributed by atoms with E-state index < -0.39 is 0 Å². The second-order valence-electron chi connectivity index (χ2n) is 5.52. The van der Waals surface area contributed by atoms with E-state index in [4.69, 9.17) is 5.73 Å². The third-order valence-electron chi connectivity index (χ3n) is 3.95. The number of benzene rings is 1. The molecule has 2 N–H and O–H groups in total. The molecule has 0 aromatic heterocycles. The van der Waals surface area contributed by atoms with Crippen LogP contribution in [0.15, 0.2) is 24.3 Å². The average molecular weight is 247 g/mol. The van der Waals surface area contributed by atoms with Crippen LogP contribution in [0.25, 0.3) is 0 Å². The predicted octanol–water partition coefficient (Wildman–Crippen LogP) is 2.24. The first-order chi connectivity index (χ1) is 8.59. The Balaban J connectivity index is 2.19. The third kappa shape index (κ3) is 2.85. The van der Waals surface area contributed by atoms with E-state index in [1.54, 1.807) is 0 Å². The lowest BCUT2D eigenvalue weighted by Gasteiger charge is -2.38. The lowest BCUT2D eigenvalue weighted by molar-refractivity contribution is 0.248. The van der Waals surface area contributed by atoms with Gasteiger partial charge in [0.05, 0.1) is 0 Å². The molecule has 3 heteroatoms. The van der Waals surface area contributed by atoms with Crippen molar-refractivity contribution in [1.29, 1.82) is 0 Å². The summed E-state index contributed by atoms with van der Waals surface area (Å²) in [6.45, 7) is 4.42. The summed E-state index contributed by atoms with van der Waals surface area (Å²) in [6, 6.07) is 9.19. The second-order valence-corrected chi connectivity index (χ2v) is 5.52. The summed E-state index contributed by atoms with van der Waals surface area (Å²) in [5, 5.41) is 0. The molecule has 1 aliphatic rings. The van der Waals surface area contributed by atoms with Crippen LogP contribution < -0.4 is 10.6 Å². The molecule has 1 aromatic rings. The molecule has 0 bridgehead atoms. The normalized spacial score (nSPS) is 22.8. The number of likely N-dealkylation sites (N-methyl/N-ethyl adjacent to an activating group) is 2. The zero-order valence-electron chi connectivity index (χ0n) is 11.8. The van der Waals surface area contributed by atoms with Gasteiger partial charge < -0.3 is 15.5 Å². The van der Waals surface area contributed by atoms with Gasteiger partial charge in [0, 0.05) is 31.4 Å². The highest BCUT2D eigenvalue weighted by Gasteiger charge is 2.23. The summed E-state index contributed by atoms with van der Waals surface area (Å²) in [7, 11) is 4.41. The number of rotatable bonds is 3. The minimum absolute atomic E-state index is 0.0879. The van der Waals surface area contributed by atoms with Gasteiger partial charge in [0.25, 0.3) is 0 Å². The highest BCUT2D eigenvalue weighted by atomic mass is 15.2. The van der Waals surface area contributed by atoms with Crippen LogP contribution >= 0.6 is 0 Å². The van der Waals surface area contributed by atoms with Gasteiger partial charge in [-0.3, -0.25) is 0 Å². The van der Waals surface area contributed by atoms with Gasteiger partial charge in [0.15, 0.2) is 0 Å². The second kappa shape index (κ2) is 5.72. The number of nitrogens with zero attached hydrogens (tertiary/aromatic N) is 2. The van der Waals surface area contributed by atoms with E-state index in [0.29, 0.717) is 6.04 Å². The maximum absolute atomic E-state index is 6.07. The van der Waals surface area contributed by atoms with Crippen LogP contribution in [0.1, 0.15) is 31.4 Å². The lowest BCUT2D eigenvalue weighted by atomic mass is 10.0. The fourth-order valence-corrected chi connectivity index (χ4v) is 2.85. The van der Waals surface area contributed by atoms with E-state index in [0.717, 1.165) is 6.54 Å². The molecule has 3 nitrogen and oxygen atoms in total. The van der Waals surface area contributed by atoms with E-state index in [-0.39, 0.29) is 6.04 Å². The summed E-state index contributed by atoms with van der Waals surface area (Å²) in [5.41, 5.74) is 8.60. The number of piperidine rings is 1. The first-order valence-electron chi connectivity index (χ1n) is 6.85. The fraction of sp³-hybridized carbons (Fsp3) is 0.600. The SMILES string of the molecule is CC(N)c1ccccc1N(C)C1CCCN(C)C1. The highest BCUT2D eigenvalue weighted by Crippen LogP contribution is 2.27. The average Bonchev–Trinajstić information content (AvgIpc) is 2.38. The van der Waals surface area contributed by atoms with E-state index >= 15 is 0 Å². The minimum atomic E-state index is 0.0879. The number of hydrogen-bond acceptors (Lipinski definition) is 3. The third-order valence-corrected chi connectivity index (χ3v) is 3.95.